The van der Waals surface area contributed by atoms with Crippen molar-refractivity contribution < 1.29 is 14.1 Å². The third kappa shape index (κ3) is 4.10. The van der Waals surface area contributed by atoms with Crippen molar-refractivity contribution in [2.45, 2.75) is 17.8 Å². The van der Waals surface area contributed by atoms with E-state index in [1.807, 2.05) is 30.3 Å². The Balaban J connectivity index is 1.39. The molecule has 0 bridgehead atoms. The predicted octanol–water partition coefficient (Wildman–Crippen LogP) is 4.51. The molecule has 0 amide bonds. The topological polar surface area (TPSA) is 111 Å². The molecule has 0 aliphatic heterocycles. The maximum Gasteiger partial charge on any atom is 0.338 e. The summed E-state index contributed by atoms with van der Waals surface area (Å²) in [5, 5.41) is 6.90. The van der Waals surface area contributed by atoms with Gasteiger partial charge in [0, 0.05) is 23.1 Å². The lowest BCUT2D eigenvalue weighted by molar-refractivity contribution is 0.0602. The summed E-state index contributed by atoms with van der Waals surface area (Å²) < 4.78 is 10.3. The van der Waals surface area contributed by atoms with Gasteiger partial charge in [0.1, 0.15) is 0 Å². The highest BCUT2D eigenvalue weighted by atomic mass is 32.2. The molecule has 0 atom stereocenters. The maximum absolute atomic E-state index is 12.7. The molecule has 2 aromatic carbocycles. The first-order valence-corrected chi connectivity index (χ1v) is 11.1. The number of esters is 1. The Bertz CT molecular complexity index is 1570. The number of fused-ring (bicyclic) bond motifs is 2. The molecule has 3 heterocycles. The average Bonchev–Trinajstić information content (AvgIpc) is 3.30. The fourth-order valence-electron chi connectivity index (χ4n) is 3.59. The zero-order valence-electron chi connectivity index (χ0n) is 17.8. The zero-order chi connectivity index (χ0) is 22.9. The first-order chi connectivity index (χ1) is 16.0. The minimum absolute atomic E-state index is 0.108. The lowest BCUT2D eigenvalue weighted by Gasteiger charge is -2.06. The van der Waals surface area contributed by atoms with Crippen LogP contribution in [0, 0.1) is 6.92 Å². The van der Waals surface area contributed by atoms with E-state index in [1.165, 1.54) is 24.9 Å². The van der Waals surface area contributed by atoms with Gasteiger partial charge in [0.2, 0.25) is 0 Å². The molecule has 1 N–H and O–H groups in total. The van der Waals surface area contributed by atoms with Crippen molar-refractivity contribution >= 4 is 39.5 Å². The number of carbonyl (C=O) groups is 1. The summed E-state index contributed by atoms with van der Waals surface area (Å²) in [5.74, 6) is 0.486. The van der Waals surface area contributed by atoms with Gasteiger partial charge in [0.25, 0.3) is 5.56 Å². The van der Waals surface area contributed by atoms with E-state index in [4.69, 9.17) is 9.26 Å². The molecule has 33 heavy (non-hydrogen) atoms. The van der Waals surface area contributed by atoms with E-state index in [9.17, 15) is 9.59 Å². The first-order valence-electron chi connectivity index (χ1n) is 10.1. The summed E-state index contributed by atoms with van der Waals surface area (Å²) in [5.41, 5.74) is 2.09. The van der Waals surface area contributed by atoms with E-state index in [1.54, 1.807) is 6.92 Å². The van der Waals surface area contributed by atoms with E-state index < -0.39 is 11.5 Å². The Kier molecular flexibility index (Phi) is 5.39. The van der Waals surface area contributed by atoms with Crippen LogP contribution in [0.3, 0.4) is 0 Å². The molecule has 164 valence electrons. The van der Waals surface area contributed by atoms with Gasteiger partial charge in [0.15, 0.2) is 16.6 Å². The number of benzene rings is 2. The zero-order valence-corrected chi connectivity index (χ0v) is 18.6. The molecule has 3 aromatic heterocycles. The van der Waals surface area contributed by atoms with Crippen LogP contribution in [0.1, 0.15) is 21.7 Å². The van der Waals surface area contributed by atoms with E-state index in [-0.39, 0.29) is 16.6 Å². The summed E-state index contributed by atoms with van der Waals surface area (Å²) >= 11 is 1.29. The summed E-state index contributed by atoms with van der Waals surface area (Å²) in [7, 11) is 1.26. The van der Waals surface area contributed by atoms with Crippen LogP contribution < -0.4 is 5.56 Å². The van der Waals surface area contributed by atoms with Crippen molar-refractivity contribution in [1.82, 2.24) is 20.1 Å². The van der Waals surface area contributed by atoms with Crippen LogP contribution in [0.5, 0.6) is 0 Å². The Morgan fingerprint density at radius 1 is 1.09 bits per heavy atom. The van der Waals surface area contributed by atoms with Crippen molar-refractivity contribution in [3.63, 3.8) is 0 Å². The van der Waals surface area contributed by atoms with Gasteiger partial charge < -0.3 is 14.2 Å². The van der Waals surface area contributed by atoms with Crippen molar-refractivity contribution in [2.24, 2.45) is 0 Å². The lowest BCUT2D eigenvalue weighted by Crippen LogP contribution is -2.16. The average molecular weight is 458 g/mol. The Morgan fingerprint density at radius 2 is 1.91 bits per heavy atom. The smallest absolute Gasteiger partial charge is 0.338 e. The van der Waals surface area contributed by atoms with Crippen LogP contribution in [0.4, 0.5) is 0 Å². The third-order valence-electron chi connectivity index (χ3n) is 5.14. The third-order valence-corrected chi connectivity index (χ3v) is 6.05. The molecule has 0 spiro atoms. The number of hydrogen-bond acceptors (Lipinski definition) is 8. The number of thioether (sulfide) groups is 1. The Hall–Kier alpha value is -3.98. The molecular formula is C24H18N4O4S. The van der Waals surface area contributed by atoms with Gasteiger partial charge in [-0.3, -0.25) is 4.79 Å². The highest BCUT2D eigenvalue weighted by molar-refractivity contribution is 7.98. The molecule has 0 unspecified atom stereocenters. The van der Waals surface area contributed by atoms with E-state index in [2.05, 4.69) is 38.3 Å². The predicted molar refractivity (Wildman–Crippen MR) is 125 cm³/mol. The number of aromatic nitrogens is 4. The number of aryl methyl sites for hydroxylation is 1. The maximum atomic E-state index is 12.7. The molecule has 0 saturated heterocycles. The van der Waals surface area contributed by atoms with Gasteiger partial charge >= 0.3 is 5.97 Å². The van der Waals surface area contributed by atoms with Crippen molar-refractivity contribution in [1.29, 1.82) is 0 Å². The first kappa shape index (κ1) is 20.9. The van der Waals surface area contributed by atoms with Gasteiger partial charge in [-0.1, -0.05) is 53.3 Å². The molecule has 9 heteroatoms. The van der Waals surface area contributed by atoms with Gasteiger partial charge in [0.05, 0.1) is 23.8 Å². The van der Waals surface area contributed by atoms with E-state index in [0.29, 0.717) is 28.1 Å². The van der Waals surface area contributed by atoms with Crippen molar-refractivity contribution in [3.05, 3.63) is 81.9 Å². The Labute approximate surface area is 192 Å². The highest BCUT2D eigenvalue weighted by Gasteiger charge is 2.18. The fourth-order valence-corrected chi connectivity index (χ4v) is 4.32. The second-order valence-corrected chi connectivity index (χ2v) is 8.37. The number of hydrogen-bond donors (Lipinski definition) is 1. The number of H-pyrrole nitrogens is 1. The van der Waals surface area contributed by atoms with Crippen LogP contribution >= 0.6 is 11.8 Å². The number of ether oxygens (including phenoxy) is 1. The number of rotatable bonds is 5. The van der Waals surface area contributed by atoms with Gasteiger partial charge in [-0.05, 0) is 29.8 Å². The minimum atomic E-state index is -0.609. The summed E-state index contributed by atoms with van der Waals surface area (Å²) in [6.07, 6.45) is 0. The molecule has 8 nitrogen and oxygen atoms in total. The van der Waals surface area contributed by atoms with Crippen LogP contribution in [-0.4, -0.2) is 33.2 Å². The fraction of sp³-hybridized carbons (Fsp3) is 0.125. The number of carbonyl (C=O) groups excluding carboxylic acids is 1. The standard InChI is InChI=1S/C24H18N4O4S/c1-13-9-18(23(30)31-2)20-21(25-13)26-24(27-22(20)29)33-12-17-11-19(32-28-17)16-8-7-14-5-3-4-6-15(14)10-16/h3-11H,12H2,1-2H3,(H,25,26,27,29). The number of nitrogens with one attached hydrogen (secondary N) is 1. The van der Waals surface area contributed by atoms with Gasteiger partial charge in [-0.15, -0.1) is 0 Å². The number of nitrogens with zero attached hydrogens (tertiary/aromatic N) is 3. The number of methoxy groups -OCH3 is 1. The van der Waals surface area contributed by atoms with Crippen LogP contribution in [0.15, 0.2) is 69.1 Å². The highest BCUT2D eigenvalue weighted by Crippen LogP contribution is 2.27. The molecule has 5 aromatic rings. The molecule has 0 fully saturated rings. The quantitative estimate of drug-likeness (QED) is 0.233. The monoisotopic (exact) mass is 458 g/mol. The minimum Gasteiger partial charge on any atom is -0.465 e. The normalized spacial score (nSPS) is 11.2. The molecule has 0 aliphatic rings. The van der Waals surface area contributed by atoms with Crippen molar-refractivity contribution in [3.8, 4) is 11.3 Å². The molecule has 5 rings (SSSR count). The Morgan fingerprint density at radius 3 is 2.73 bits per heavy atom. The van der Waals surface area contributed by atoms with Crippen LogP contribution in [0.2, 0.25) is 0 Å². The summed E-state index contributed by atoms with van der Waals surface area (Å²) in [6.45, 7) is 1.73. The molecule has 0 aliphatic carbocycles. The second kappa shape index (κ2) is 8.51. The SMILES string of the molecule is COC(=O)c1cc(C)nc2nc(SCc3cc(-c4ccc5ccccc5c4)on3)[nH]c(=O)c12. The number of pyridine rings is 1. The van der Waals surface area contributed by atoms with Crippen LogP contribution in [0.25, 0.3) is 33.1 Å². The lowest BCUT2D eigenvalue weighted by atomic mass is 10.1. The van der Waals surface area contributed by atoms with Gasteiger partial charge in [-0.25, -0.2) is 14.8 Å². The largest absolute Gasteiger partial charge is 0.465 e. The van der Waals surface area contributed by atoms with Gasteiger partial charge in [-0.2, -0.15) is 0 Å². The van der Waals surface area contributed by atoms with E-state index in [0.717, 1.165) is 16.3 Å². The summed E-state index contributed by atoms with van der Waals surface area (Å²) in [6, 6.07) is 17.6. The number of aromatic amines is 1. The second-order valence-electron chi connectivity index (χ2n) is 7.41. The summed E-state index contributed by atoms with van der Waals surface area (Å²) in [4.78, 5) is 36.2. The van der Waals surface area contributed by atoms with Crippen LogP contribution in [-0.2, 0) is 10.5 Å². The molecular weight excluding hydrogens is 440 g/mol. The van der Waals surface area contributed by atoms with E-state index >= 15 is 0 Å². The molecule has 0 radical (unpaired) electrons. The van der Waals surface area contributed by atoms with Crippen molar-refractivity contribution in [2.75, 3.05) is 7.11 Å². The molecule has 0 saturated carbocycles.